The minimum Gasteiger partial charge on any atom is -0.390 e. The fourth-order valence-electron chi connectivity index (χ4n) is 1.24. The van der Waals surface area contributed by atoms with Crippen molar-refractivity contribution in [1.82, 2.24) is 0 Å². The average Bonchev–Trinajstić information content (AvgIpc) is 2.07. The highest BCUT2D eigenvalue weighted by Crippen LogP contribution is 2.36. The van der Waals surface area contributed by atoms with Gasteiger partial charge in [0.15, 0.2) is 6.29 Å². The molecule has 0 aromatic heterocycles. The summed E-state index contributed by atoms with van der Waals surface area (Å²) in [5, 5.41) is 27.6. The Morgan fingerprint density at radius 3 is 2.47 bits per heavy atom. The number of aliphatic hydroxyl groups excluding tert-OH is 3. The summed E-state index contributed by atoms with van der Waals surface area (Å²) in [7, 11) is -4.65. The van der Waals surface area contributed by atoms with Crippen molar-refractivity contribution in [3.05, 3.63) is 0 Å². The Hall–Kier alpha value is -0.0500. The molecule has 15 heavy (non-hydrogen) atoms. The molecular weight excluding hydrogens is 232 g/mol. The maximum atomic E-state index is 10.4. The number of hydrogen-bond acceptors (Lipinski definition) is 6. The van der Waals surface area contributed by atoms with Crippen LogP contribution in [0.5, 0.6) is 0 Å². The maximum absolute atomic E-state index is 10.4. The molecule has 0 aromatic carbocycles. The molecule has 90 valence electrons. The highest BCUT2D eigenvalue weighted by Gasteiger charge is 2.37. The molecule has 1 fully saturated rings. The molecule has 1 heterocycles. The zero-order valence-corrected chi connectivity index (χ0v) is 8.53. The lowest BCUT2D eigenvalue weighted by Gasteiger charge is -2.34. The Balaban J connectivity index is 2.49. The predicted octanol–water partition coefficient (Wildman–Crippen LogP) is -2.08. The summed E-state index contributed by atoms with van der Waals surface area (Å²) in [6.45, 7) is -0.612. The zero-order chi connectivity index (χ0) is 11.6. The quantitative estimate of drug-likeness (QED) is 0.282. The summed E-state index contributed by atoms with van der Waals surface area (Å²) >= 11 is 0. The summed E-state index contributed by atoms with van der Waals surface area (Å²) in [6.07, 6.45) is -5.17. The van der Waals surface area contributed by atoms with Gasteiger partial charge in [0, 0.05) is 6.42 Å². The number of phosphoric ester groups is 1. The van der Waals surface area contributed by atoms with Gasteiger partial charge >= 0.3 is 7.82 Å². The van der Waals surface area contributed by atoms with E-state index in [1.807, 2.05) is 0 Å². The molecule has 5 N–H and O–H groups in total. The molecule has 0 bridgehead atoms. The van der Waals surface area contributed by atoms with Crippen LogP contribution in [0, 0.1) is 0 Å². The van der Waals surface area contributed by atoms with E-state index in [1.54, 1.807) is 0 Å². The monoisotopic (exact) mass is 245 g/mol. The molecular formula is C6H13O8P. The Morgan fingerprint density at radius 2 is 1.93 bits per heavy atom. The van der Waals surface area contributed by atoms with Gasteiger partial charge in [-0.2, -0.15) is 0 Å². The highest BCUT2D eigenvalue weighted by atomic mass is 31.2. The SMILES string of the molecule is O=P(O)(O)O[13CH2][C@H]1OC(O)C[C@@H](O)[C@@H]1O. The lowest BCUT2D eigenvalue weighted by molar-refractivity contribution is -0.238. The summed E-state index contributed by atoms with van der Waals surface area (Å²) in [5.74, 6) is 0. The van der Waals surface area contributed by atoms with Crippen molar-refractivity contribution >= 4 is 7.82 Å². The highest BCUT2D eigenvalue weighted by molar-refractivity contribution is 7.46. The third kappa shape index (κ3) is 4.13. The normalized spacial score (nSPS) is 37.9. The van der Waals surface area contributed by atoms with Crippen LogP contribution in [-0.4, -0.2) is 56.3 Å². The van der Waals surface area contributed by atoms with Crippen molar-refractivity contribution in [2.75, 3.05) is 6.61 Å². The zero-order valence-electron chi connectivity index (χ0n) is 7.63. The molecule has 4 atom stereocenters. The standard InChI is InChI=1S/C6H13O8P/c7-3-1-5(8)14-4(6(3)9)2-13-15(10,11)12/h3-9H,1-2H2,(H2,10,11,12)/t3-,4-,5?,6+/m1/s1/i2+1. The summed E-state index contributed by atoms with van der Waals surface area (Å²) in [5.41, 5.74) is 0. The van der Waals surface area contributed by atoms with Crippen LogP contribution >= 0.6 is 7.82 Å². The molecule has 8 nitrogen and oxygen atoms in total. The van der Waals surface area contributed by atoms with Gasteiger partial charge in [0.05, 0.1) is 12.7 Å². The Labute approximate surface area is 85.3 Å². The largest absolute Gasteiger partial charge is 0.469 e. The molecule has 9 heteroatoms. The van der Waals surface area contributed by atoms with E-state index in [2.05, 4.69) is 4.52 Å². The number of phosphoric acid groups is 1. The second-order valence-corrected chi connectivity index (χ2v) is 4.45. The lowest BCUT2D eigenvalue weighted by Crippen LogP contribution is -2.50. The number of aliphatic hydroxyl groups is 3. The van der Waals surface area contributed by atoms with Gasteiger partial charge in [-0.25, -0.2) is 4.57 Å². The number of ether oxygens (including phenoxy) is 1. The van der Waals surface area contributed by atoms with Gasteiger partial charge in [0.25, 0.3) is 0 Å². The van der Waals surface area contributed by atoms with Gasteiger partial charge in [-0.3, -0.25) is 4.52 Å². The first-order chi connectivity index (χ1) is 6.79. The van der Waals surface area contributed by atoms with E-state index < -0.39 is 39.0 Å². The van der Waals surface area contributed by atoms with Gasteiger partial charge in [0.2, 0.25) is 0 Å². The van der Waals surface area contributed by atoms with Crippen LogP contribution in [0.25, 0.3) is 0 Å². The van der Waals surface area contributed by atoms with E-state index in [1.165, 1.54) is 0 Å². The van der Waals surface area contributed by atoms with E-state index in [-0.39, 0.29) is 6.42 Å². The third-order valence-electron chi connectivity index (χ3n) is 1.96. The van der Waals surface area contributed by atoms with Crippen molar-refractivity contribution < 1.29 is 38.9 Å². The summed E-state index contributed by atoms with van der Waals surface area (Å²) < 4.78 is 19.2. The molecule has 0 radical (unpaired) electrons. The first-order valence-electron chi connectivity index (χ1n) is 4.19. The van der Waals surface area contributed by atoms with E-state index >= 15 is 0 Å². The van der Waals surface area contributed by atoms with Crippen LogP contribution in [-0.2, 0) is 13.8 Å². The number of rotatable bonds is 3. The molecule has 0 spiro atoms. The predicted molar refractivity (Wildman–Crippen MR) is 45.5 cm³/mol. The van der Waals surface area contributed by atoms with Crippen LogP contribution in [0.15, 0.2) is 0 Å². The maximum Gasteiger partial charge on any atom is 0.469 e. The van der Waals surface area contributed by atoms with Gasteiger partial charge in [-0.05, 0) is 0 Å². The molecule has 1 unspecified atom stereocenters. The van der Waals surface area contributed by atoms with Gasteiger partial charge < -0.3 is 29.8 Å². The Kier molecular flexibility index (Phi) is 4.21. The van der Waals surface area contributed by atoms with Crippen LogP contribution in [0.4, 0.5) is 0 Å². The van der Waals surface area contributed by atoms with Crippen LogP contribution in [0.2, 0.25) is 0 Å². The lowest BCUT2D eigenvalue weighted by atomic mass is 10.1. The fraction of sp³-hybridized carbons (Fsp3) is 1.00. The Morgan fingerprint density at radius 1 is 1.33 bits per heavy atom. The first-order valence-corrected chi connectivity index (χ1v) is 5.72. The molecule has 0 aromatic rings. The van der Waals surface area contributed by atoms with Gasteiger partial charge in [-0.1, -0.05) is 0 Å². The molecule has 1 rings (SSSR count). The molecule has 0 aliphatic carbocycles. The smallest absolute Gasteiger partial charge is 0.390 e. The fourth-order valence-corrected chi connectivity index (χ4v) is 1.58. The second-order valence-electron chi connectivity index (χ2n) is 3.21. The van der Waals surface area contributed by atoms with Gasteiger partial charge in [-0.15, -0.1) is 0 Å². The second kappa shape index (κ2) is 4.86. The van der Waals surface area contributed by atoms with E-state index in [9.17, 15) is 14.8 Å². The average molecular weight is 245 g/mol. The summed E-state index contributed by atoms with van der Waals surface area (Å²) in [6, 6.07) is 0. The minimum atomic E-state index is -4.65. The van der Waals surface area contributed by atoms with Gasteiger partial charge in [0.1, 0.15) is 12.2 Å². The molecule has 1 aliphatic heterocycles. The topological polar surface area (TPSA) is 137 Å². The van der Waals surface area contributed by atoms with E-state index in [0.717, 1.165) is 0 Å². The number of hydrogen-bond donors (Lipinski definition) is 5. The molecule has 1 aliphatic rings. The van der Waals surface area contributed by atoms with Crippen LogP contribution in [0.3, 0.4) is 0 Å². The van der Waals surface area contributed by atoms with Crippen LogP contribution in [0.1, 0.15) is 6.42 Å². The van der Waals surface area contributed by atoms with Crippen LogP contribution < -0.4 is 0 Å². The third-order valence-corrected chi connectivity index (χ3v) is 2.44. The van der Waals surface area contributed by atoms with Crippen molar-refractivity contribution in [3.63, 3.8) is 0 Å². The van der Waals surface area contributed by atoms with Crippen molar-refractivity contribution in [2.45, 2.75) is 31.0 Å². The Bertz CT molecular complexity index is 252. The minimum absolute atomic E-state index is 0.159. The molecule has 0 amide bonds. The first kappa shape index (κ1) is 13.0. The van der Waals surface area contributed by atoms with Crippen molar-refractivity contribution in [2.24, 2.45) is 0 Å². The summed E-state index contributed by atoms with van der Waals surface area (Å²) in [4.78, 5) is 16.8. The van der Waals surface area contributed by atoms with E-state index in [0.29, 0.717) is 0 Å². The van der Waals surface area contributed by atoms with E-state index in [4.69, 9.17) is 19.6 Å². The van der Waals surface area contributed by atoms with Crippen molar-refractivity contribution in [3.8, 4) is 0 Å². The van der Waals surface area contributed by atoms with Crippen molar-refractivity contribution in [1.29, 1.82) is 0 Å². The molecule has 1 saturated heterocycles. The molecule has 0 saturated carbocycles.